The van der Waals surface area contributed by atoms with Crippen molar-refractivity contribution in [1.82, 2.24) is 15.2 Å². The fraction of sp³-hybridized carbons (Fsp3) is 0.812. The summed E-state index contributed by atoms with van der Waals surface area (Å²) in [4.78, 5) is 7.04. The van der Waals surface area contributed by atoms with E-state index in [0.717, 1.165) is 19.0 Å². The largest absolute Gasteiger partial charge is 0.310 e. The molecule has 0 saturated carbocycles. The Balaban J connectivity index is 2.45. The first-order valence-corrected chi connectivity index (χ1v) is 8.40. The number of nitrogens with zero attached hydrogens (tertiary/aromatic N) is 2. The van der Waals surface area contributed by atoms with Gasteiger partial charge in [0.15, 0.2) is 0 Å². The van der Waals surface area contributed by atoms with Crippen molar-refractivity contribution in [3.8, 4) is 0 Å². The van der Waals surface area contributed by atoms with Crippen molar-refractivity contribution in [2.75, 3.05) is 20.6 Å². The molecule has 1 unspecified atom stereocenters. The van der Waals surface area contributed by atoms with Gasteiger partial charge in [-0.15, -0.1) is 11.3 Å². The molecule has 1 aromatic rings. The van der Waals surface area contributed by atoms with Crippen molar-refractivity contribution >= 4 is 11.3 Å². The van der Waals surface area contributed by atoms with Crippen molar-refractivity contribution in [3.63, 3.8) is 0 Å². The van der Waals surface area contributed by atoms with E-state index in [1.165, 1.54) is 17.1 Å². The van der Waals surface area contributed by atoms with Crippen LogP contribution in [0.15, 0.2) is 5.38 Å². The minimum Gasteiger partial charge on any atom is -0.310 e. The summed E-state index contributed by atoms with van der Waals surface area (Å²) < 4.78 is 0. The Labute approximate surface area is 128 Å². The fourth-order valence-electron chi connectivity index (χ4n) is 2.12. The number of rotatable bonds is 7. The number of hydrogen-bond acceptors (Lipinski definition) is 4. The average molecular weight is 298 g/mol. The van der Waals surface area contributed by atoms with E-state index in [0.29, 0.717) is 6.04 Å². The van der Waals surface area contributed by atoms with Crippen LogP contribution < -0.4 is 5.32 Å². The third-order valence-corrected chi connectivity index (χ3v) is 4.67. The summed E-state index contributed by atoms with van der Waals surface area (Å²) in [5.74, 6) is 0.732. The van der Waals surface area contributed by atoms with Gasteiger partial charge in [-0.3, -0.25) is 0 Å². The van der Waals surface area contributed by atoms with Gasteiger partial charge < -0.3 is 10.2 Å². The summed E-state index contributed by atoms with van der Waals surface area (Å²) >= 11 is 1.77. The van der Waals surface area contributed by atoms with E-state index in [4.69, 9.17) is 4.98 Å². The summed E-state index contributed by atoms with van der Waals surface area (Å²) in [5.41, 5.74) is 1.33. The zero-order valence-electron chi connectivity index (χ0n) is 14.2. The highest BCUT2D eigenvalue weighted by molar-refractivity contribution is 7.09. The van der Waals surface area contributed by atoms with Gasteiger partial charge in [0.1, 0.15) is 0 Å². The number of hydrogen-bond donors (Lipinski definition) is 1. The van der Waals surface area contributed by atoms with Gasteiger partial charge in [0.05, 0.1) is 10.7 Å². The second kappa shape index (κ2) is 7.53. The van der Waals surface area contributed by atoms with E-state index in [1.54, 1.807) is 11.3 Å². The maximum absolute atomic E-state index is 4.73. The lowest BCUT2D eigenvalue weighted by atomic mass is 9.98. The Morgan fingerprint density at radius 1 is 1.30 bits per heavy atom. The van der Waals surface area contributed by atoms with E-state index in [1.807, 2.05) is 0 Å². The first-order chi connectivity index (χ1) is 9.20. The molecule has 0 bridgehead atoms. The smallest absolute Gasteiger partial charge is 0.0982 e. The van der Waals surface area contributed by atoms with Gasteiger partial charge in [-0.25, -0.2) is 4.98 Å². The highest BCUT2D eigenvalue weighted by Gasteiger charge is 2.18. The van der Waals surface area contributed by atoms with Crippen LogP contribution in [0.5, 0.6) is 0 Å². The molecule has 1 heterocycles. The molecule has 116 valence electrons. The SMILES string of the molecule is CC(C)CC(CNCc1csc(C(C)(C)C)n1)N(C)C. The van der Waals surface area contributed by atoms with Gasteiger partial charge in [-0.1, -0.05) is 34.6 Å². The maximum atomic E-state index is 4.73. The van der Waals surface area contributed by atoms with Crippen molar-refractivity contribution < 1.29 is 0 Å². The quantitative estimate of drug-likeness (QED) is 0.835. The molecule has 1 atom stereocenters. The van der Waals surface area contributed by atoms with Crippen LogP contribution in [0.3, 0.4) is 0 Å². The van der Waals surface area contributed by atoms with Crippen LogP contribution in [0.1, 0.15) is 51.7 Å². The third-order valence-electron chi connectivity index (χ3n) is 3.35. The Morgan fingerprint density at radius 2 is 1.95 bits per heavy atom. The lowest BCUT2D eigenvalue weighted by Gasteiger charge is -2.26. The predicted octanol–water partition coefficient (Wildman–Crippen LogP) is 3.51. The molecule has 0 radical (unpaired) electrons. The molecule has 0 saturated heterocycles. The van der Waals surface area contributed by atoms with Gasteiger partial charge in [0.25, 0.3) is 0 Å². The van der Waals surface area contributed by atoms with E-state index in [-0.39, 0.29) is 5.41 Å². The summed E-state index contributed by atoms with van der Waals surface area (Å²) in [6, 6.07) is 0.593. The second-order valence-corrected chi connectivity index (χ2v) is 8.13. The summed E-state index contributed by atoms with van der Waals surface area (Å²) in [6.07, 6.45) is 1.23. The van der Waals surface area contributed by atoms with Gasteiger partial charge in [0.2, 0.25) is 0 Å². The third kappa shape index (κ3) is 5.90. The minimum absolute atomic E-state index is 0.159. The van der Waals surface area contributed by atoms with Crippen molar-refractivity contribution in [2.24, 2.45) is 5.92 Å². The molecule has 0 aliphatic heterocycles. The zero-order valence-corrected chi connectivity index (χ0v) is 15.0. The number of likely N-dealkylation sites (N-methyl/N-ethyl adjacent to an activating group) is 1. The van der Waals surface area contributed by atoms with Crippen LogP contribution in [-0.4, -0.2) is 36.6 Å². The van der Waals surface area contributed by atoms with Crippen LogP contribution in [0.25, 0.3) is 0 Å². The molecular weight excluding hydrogens is 266 g/mol. The fourth-order valence-corrected chi connectivity index (χ4v) is 3.03. The standard InChI is InChI=1S/C16H31N3S/c1-12(2)8-14(19(6)7)10-17-9-13-11-20-15(18-13)16(3,4)5/h11-12,14,17H,8-10H2,1-7H3. The molecule has 0 aromatic carbocycles. The molecule has 0 amide bonds. The Morgan fingerprint density at radius 3 is 2.40 bits per heavy atom. The Bertz CT molecular complexity index is 391. The topological polar surface area (TPSA) is 28.2 Å². The van der Waals surface area contributed by atoms with Crippen LogP contribution in [0.2, 0.25) is 0 Å². The molecule has 3 nitrogen and oxygen atoms in total. The average Bonchev–Trinajstić information content (AvgIpc) is 2.75. The van der Waals surface area contributed by atoms with Crippen LogP contribution in [-0.2, 0) is 12.0 Å². The lowest BCUT2D eigenvalue weighted by molar-refractivity contribution is 0.246. The summed E-state index contributed by atoms with van der Waals surface area (Å²) in [7, 11) is 4.32. The van der Waals surface area contributed by atoms with E-state index >= 15 is 0 Å². The molecule has 1 rings (SSSR count). The minimum atomic E-state index is 0.159. The molecule has 0 aliphatic rings. The first-order valence-electron chi connectivity index (χ1n) is 7.52. The van der Waals surface area contributed by atoms with Crippen LogP contribution in [0.4, 0.5) is 0 Å². The first kappa shape index (κ1) is 17.6. The van der Waals surface area contributed by atoms with Crippen molar-refractivity contribution in [3.05, 3.63) is 16.1 Å². The maximum Gasteiger partial charge on any atom is 0.0982 e. The number of nitrogens with one attached hydrogen (secondary N) is 1. The van der Waals surface area contributed by atoms with Gasteiger partial charge in [0, 0.05) is 29.9 Å². The molecule has 0 spiro atoms. The van der Waals surface area contributed by atoms with E-state index in [9.17, 15) is 0 Å². The lowest BCUT2D eigenvalue weighted by Crippen LogP contribution is -2.38. The molecule has 0 fully saturated rings. The van der Waals surface area contributed by atoms with Crippen molar-refractivity contribution in [2.45, 2.75) is 59.0 Å². The van der Waals surface area contributed by atoms with Crippen LogP contribution >= 0.6 is 11.3 Å². The molecular formula is C16H31N3S. The highest BCUT2D eigenvalue weighted by Crippen LogP contribution is 2.25. The Hall–Kier alpha value is -0.450. The number of aromatic nitrogens is 1. The zero-order chi connectivity index (χ0) is 15.3. The predicted molar refractivity (Wildman–Crippen MR) is 89.5 cm³/mol. The van der Waals surface area contributed by atoms with Crippen LogP contribution in [0, 0.1) is 5.92 Å². The van der Waals surface area contributed by atoms with Crippen molar-refractivity contribution in [1.29, 1.82) is 0 Å². The molecule has 1 N–H and O–H groups in total. The molecule has 0 aliphatic carbocycles. The highest BCUT2D eigenvalue weighted by atomic mass is 32.1. The van der Waals surface area contributed by atoms with Gasteiger partial charge in [-0.05, 0) is 26.4 Å². The summed E-state index contributed by atoms with van der Waals surface area (Å²) in [5, 5.41) is 6.96. The van der Waals surface area contributed by atoms with E-state index < -0.39 is 0 Å². The monoisotopic (exact) mass is 297 g/mol. The van der Waals surface area contributed by atoms with Gasteiger partial charge >= 0.3 is 0 Å². The molecule has 20 heavy (non-hydrogen) atoms. The Kier molecular flexibility index (Phi) is 6.62. The molecule has 1 aromatic heterocycles. The summed E-state index contributed by atoms with van der Waals surface area (Å²) in [6.45, 7) is 13.1. The van der Waals surface area contributed by atoms with E-state index in [2.05, 4.69) is 64.3 Å². The van der Waals surface area contributed by atoms with Gasteiger partial charge in [-0.2, -0.15) is 0 Å². The second-order valence-electron chi connectivity index (χ2n) is 7.27. The normalized spacial score (nSPS) is 14.2. The number of thiazole rings is 1. The molecule has 4 heteroatoms.